The summed E-state index contributed by atoms with van der Waals surface area (Å²) < 4.78 is 1.95. The van der Waals surface area contributed by atoms with Gasteiger partial charge in [-0.15, -0.1) is 0 Å². The maximum Gasteiger partial charge on any atom is 0.338 e. The Morgan fingerprint density at radius 2 is 2.06 bits per heavy atom. The van der Waals surface area contributed by atoms with Crippen molar-refractivity contribution < 1.29 is 15.0 Å². The molecule has 1 fully saturated rings. The minimum absolute atomic E-state index is 0.0306. The van der Waals surface area contributed by atoms with Gasteiger partial charge in [-0.3, -0.25) is 0 Å². The molecular formula is C14H15NO3. The average molecular weight is 245 g/mol. The molecule has 2 N–H and O–H groups in total. The van der Waals surface area contributed by atoms with Crippen LogP contribution in [0.3, 0.4) is 0 Å². The molecule has 1 aliphatic carbocycles. The van der Waals surface area contributed by atoms with Gasteiger partial charge in [0.1, 0.15) is 5.75 Å². The molecule has 1 aromatic carbocycles. The first-order chi connectivity index (χ1) is 8.44. The van der Waals surface area contributed by atoms with Gasteiger partial charge in [-0.1, -0.05) is 6.92 Å². The molecule has 4 nitrogen and oxygen atoms in total. The van der Waals surface area contributed by atoms with E-state index in [4.69, 9.17) is 0 Å². The van der Waals surface area contributed by atoms with Gasteiger partial charge in [-0.25, -0.2) is 4.79 Å². The van der Waals surface area contributed by atoms with E-state index in [1.54, 1.807) is 12.1 Å². The van der Waals surface area contributed by atoms with Gasteiger partial charge in [-0.2, -0.15) is 0 Å². The molecule has 1 aliphatic rings. The lowest BCUT2D eigenvalue weighted by atomic mass is 9.99. The maximum atomic E-state index is 11.5. The molecule has 2 aromatic rings. The fourth-order valence-corrected chi connectivity index (χ4v) is 2.78. The Morgan fingerprint density at radius 3 is 2.61 bits per heavy atom. The summed E-state index contributed by atoms with van der Waals surface area (Å²) in [4.78, 5) is 11.5. The van der Waals surface area contributed by atoms with Crippen molar-refractivity contribution in [3.8, 4) is 5.75 Å². The van der Waals surface area contributed by atoms with Gasteiger partial charge < -0.3 is 14.8 Å². The first-order valence-electron chi connectivity index (χ1n) is 5.99. The van der Waals surface area contributed by atoms with Crippen LogP contribution < -0.4 is 0 Å². The van der Waals surface area contributed by atoms with Crippen LogP contribution in [-0.4, -0.2) is 20.7 Å². The highest BCUT2D eigenvalue weighted by Crippen LogP contribution is 2.50. The van der Waals surface area contributed by atoms with E-state index in [1.807, 2.05) is 11.6 Å². The minimum Gasteiger partial charge on any atom is -0.508 e. The van der Waals surface area contributed by atoms with Crippen molar-refractivity contribution in [2.24, 2.45) is 7.05 Å². The van der Waals surface area contributed by atoms with Crippen molar-refractivity contribution in [3.63, 3.8) is 0 Å². The summed E-state index contributed by atoms with van der Waals surface area (Å²) in [6.07, 6.45) is 2.03. The third-order valence-electron chi connectivity index (χ3n) is 3.97. The Balaban J connectivity index is 2.44. The third-order valence-corrected chi connectivity index (χ3v) is 3.97. The summed E-state index contributed by atoms with van der Waals surface area (Å²) >= 11 is 0. The van der Waals surface area contributed by atoms with Crippen LogP contribution in [0.4, 0.5) is 0 Å². The monoisotopic (exact) mass is 245 g/mol. The number of fused-ring (bicyclic) bond motifs is 1. The number of hydrogen-bond donors (Lipinski definition) is 2. The van der Waals surface area contributed by atoms with E-state index in [1.165, 1.54) is 6.07 Å². The van der Waals surface area contributed by atoms with Crippen LogP contribution in [0, 0.1) is 0 Å². The Kier molecular flexibility index (Phi) is 2.03. The van der Waals surface area contributed by atoms with Crippen LogP contribution in [0.2, 0.25) is 0 Å². The summed E-state index contributed by atoms with van der Waals surface area (Å²) in [5, 5.41) is 19.6. The number of carbonyl (C=O) groups is 1. The van der Waals surface area contributed by atoms with Crippen molar-refractivity contribution in [1.29, 1.82) is 0 Å². The zero-order chi connectivity index (χ0) is 13.1. The number of hydrogen-bond acceptors (Lipinski definition) is 2. The quantitative estimate of drug-likeness (QED) is 0.855. The summed E-state index contributed by atoms with van der Waals surface area (Å²) in [6.45, 7) is 2.09. The number of aromatic hydroxyl groups is 1. The average Bonchev–Trinajstić information content (AvgIpc) is 2.95. The number of phenolic OH excluding ortho intramolecular Hbond substituents is 1. The lowest BCUT2D eigenvalue weighted by Crippen LogP contribution is -2.12. The first-order valence-corrected chi connectivity index (χ1v) is 5.99. The van der Waals surface area contributed by atoms with E-state index in [9.17, 15) is 15.0 Å². The molecule has 0 unspecified atom stereocenters. The highest BCUT2D eigenvalue weighted by molar-refractivity contribution is 6.06. The van der Waals surface area contributed by atoms with E-state index >= 15 is 0 Å². The summed E-state index contributed by atoms with van der Waals surface area (Å²) in [7, 11) is 1.89. The Bertz CT molecular complexity index is 665. The molecule has 94 valence electrons. The van der Waals surface area contributed by atoms with Gasteiger partial charge >= 0.3 is 5.97 Å². The van der Waals surface area contributed by atoms with Gasteiger partial charge in [0.05, 0.1) is 5.56 Å². The SMILES string of the molecule is Cn1c(C2(C)CC2)c(C(=O)O)c2cc(O)ccc21. The first kappa shape index (κ1) is 11.1. The zero-order valence-electron chi connectivity index (χ0n) is 10.4. The third kappa shape index (κ3) is 1.35. The Morgan fingerprint density at radius 1 is 1.39 bits per heavy atom. The molecule has 0 saturated heterocycles. The van der Waals surface area contributed by atoms with E-state index in [0.717, 1.165) is 24.1 Å². The van der Waals surface area contributed by atoms with E-state index in [0.29, 0.717) is 10.9 Å². The lowest BCUT2D eigenvalue weighted by molar-refractivity contribution is 0.0696. The number of phenols is 1. The van der Waals surface area contributed by atoms with Crippen LogP contribution in [0.15, 0.2) is 18.2 Å². The summed E-state index contributed by atoms with van der Waals surface area (Å²) in [6, 6.07) is 4.90. The number of rotatable bonds is 2. The highest BCUT2D eigenvalue weighted by atomic mass is 16.4. The number of aromatic nitrogens is 1. The second kappa shape index (κ2) is 3.28. The molecule has 1 heterocycles. The number of benzene rings is 1. The minimum atomic E-state index is -0.922. The topological polar surface area (TPSA) is 62.5 Å². The van der Waals surface area contributed by atoms with Crippen LogP contribution >= 0.6 is 0 Å². The van der Waals surface area contributed by atoms with Gasteiger partial charge in [0.25, 0.3) is 0 Å². The van der Waals surface area contributed by atoms with Gasteiger partial charge in [0, 0.05) is 29.1 Å². The molecule has 0 bridgehead atoms. The summed E-state index contributed by atoms with van der Waals surface area (Å²) in [5.74, 6) is -0.822. The number of carboxylic acid groups (broad SMARTS) is 1. The second-order valence-electron chi connectivity index (χ2n) is 5.35. The largest absolute Gasteiger partial charge is 0.508 e. The molecule has 0 atom stereocenters. The number of aryl methyl sites for hydroxylation is 1. The molecule has 18 heavy (non-hydrogen) atoms. The second-order valence-corrected chi connectivity index (χ2v) is 5.35. The van der Waals surface area contributed by atoms with Crippen molar-refractivity contribution in [2.75, 3.05) is 0 Å². The van der Waals surface area contributed by atoms with Crippen LogP contribution in [0.5, 0.6) is 5.75 Å². The van der Waals surface area contributed by atoms with Gasteiger partial charge in [0.2, 0.25) is 0 Å². The molecule has 0 amide bonds. The molecule has 1 saturated carbocycles. The fraction of sp³-hybridized carbons (Fsp3) is 0.357. The van der Waals surface area contributed by atoms with E-state index in [-0.39, 0.29) is 11.2 Å². The van der Waals surface area contributed by atoms with Crippen LogP contribution in [-0.2, 0) is 12.5 Å². The fourth-order valence-electron chi connectivity index (χ4n) is 2.78. The predicted molar refractivity (Wildman–Crippen MR) is 68.1 cm³/mol. The van der Waals surface area contributed by atoms with Crippen LogP contribution in [0.1, 0.15) is 35.8 Å². The molecule has 4 heteroatoms. The molecule has 3 rings (SSSR count). The number of nitrogens with zero attached hydrogens (tertiary/aromatic N) is 1. The number of carboxylic acids is 1. The number of aromatic carboxylic acids is 1. The van der Waals surface area contributed by atoms with Crippen LogP contribution in [0.25, 0.3) is 10.9 Å². The van der Waals surface area contributed by atoms with Crippen molar-refractivity contribution in [2.45, 2.75) is 25.2 Å². The van der Waals surface area contributed by atoms with E-state index < -0.39 is 5.97 Å². The maximum absolute atomic E-state index is 11.5. The van der Waals surface area contributed by atoms with Crippen molar-refractivity contribution in [3.05, 3.63) is 29.5 Å². The smallest absolute Gasteiger partial charge is 0.338 e. The lowest BCUT2D eigenvalue weighted by Gasteiger charge is -2.12. The Labute approximate surface area is 104 Å². The molecule has 1 aromatic heterocycles. The molecule has 0 aliphatic heterocycles. The zero-order valence-corrected chi connectivity index (χ0v) is 10.4. The summed E-state index contributed by atoms with van der Waals surface area (Å²) in [5.41, 5.74) is 2.03. The Hall–Kier alpha value is -1.97. The molecular weight excluding hydrogens is 230 g/mol. The normalized spacial score (nSPS) is 17.0. The van der Waals surface area contributed by atoms with Gasteiger partial charge in [0.15, 0.2) is 0 Å². The molecule has 0 radical (unpaired) electrons. The molecule has 0 spiro atoms. The van der Waals surface area contributed by atoms with E-state index in [2.05, 4.69) is 6.92 Å². The highest BCUT2D eigenvalue weighted by Gasteiger charge is 2.44. The standard InChI is InChI=1S/C14H15NO3/c1-14(5-6-14)12-11(13(17)18)9-7-8(16)3-4-10(9)15(12)2/h3-4,7,16H,5-6H2,1-2H3,(H,17,18). The van der Waals surface area contributed by atoms with Gasteiger partial charge in [-0.05, 0) is 31.0 Å². The predicted octanol–water partition coefficient (Wildman–Crippen LogP) is 2.63. The van der Waals surface area contributed by atoms with Crippen molar-refractivity contribution >= 4 is 16.9 Å². The van der Waals surface area contributed by atoms with Crippen molar-refractivity contribution in [1.82, 2.24) is 4.57 Å².